The fourth-order valence-corrected chi connectivity index (χ4v) is 1.70. The van der Waals surface area contributed by atoms with Gasteiger partial charge in [-0.25, -0.2) is 4.98 Å². The maximum absolute atomic E-state index is 5.14. The molecule has 18 heavy (non-hydrogen) atoms. The van der Waals surface area contributed by atoms with Gasteiger partial charge in [0.1, 0.15) is 5.82 Å². The second-order valence-corrected chi connectivity index (χ2v) is 4.43. The molecule has 5 heteroatoms. The van der Waals surface area contributed by atoms with Gasteiger partial charge < -0.3 is 15.0 Å². The molecule has 1 heterocycles. The normalized spacial score (nSPS) is 10.9. The molecule has 0 saturated carbocycles. The monoisotopic (exact) mass is 252 g/mol. The fraction of sp³-hybridized carbons (Fsp3) is 0.692. The summed E-state index contributed by atoms with van der Waals surface area (Å²) in [5.74, 6) is 0.914. The highest BCUT2D eigenvalue weighted by Gasteiger charge is 2.12. The van der Waals surface area contributed by atoms with E-state index in [2.05, 4.69) is 41.0 Å². The molecule has 1 N–H and O–H groups in total. The second kappa shape index (κ2) is 8.00. The van der Waals surface area contributed by atoms with Gasteiger partial charge in [0, 0.05) is 32.4 Å². The number of ether oxygens (including phenoxy) is 1. The number of aromatic nitrogens is 2. The number of nitrogens with one attached hydrogen (secondary N) is 1. The molecule has 1 aromatic heterocycles. The molecule has 0 bridgehead atoms. The highest BCUT2D eigenvalue weighted by Crippen LogP contribution is 2.13. The van der Waals surface area contributed by atoms with Gasteiger partial charge in [0.05, 0.1) is 18.5 Å². The Morgan fingerprint density at radius 3 is 2.78 bits per heavy atom. The Balaban J connectivity index is 2.77. The van der Waals surface area contributed by atoms with Crippen molar-refractivity contribution in [3.8, 4) is 0 Å². The molecule has 0 aromatic carbocycles. The summed E-state index contributed by atoms with van der Waals surface area (Å²) in [5, 5.41) is 3.26. The molecule has 0 atom stereocenters. The van der Waals surface area contributed by atoms with Gasteiger partial charge in [-0.1, -0.05) is 6.92 Å². The average molecular weight is 252 g/mol. The number of methoxy groups -OCH3 is 1. The number of rotatable bonds is 8. The molecule has 1 rings (SSSR count). The van der Waals surface area contributed by atoms with Crippen molar-refractivity contribution in [1.82, 2.24) is 15.3 Å². The van der Waals surface area contributed by atoms with Crippen molar-refractivity contribution in [2.24, 2.45) is 0 Å². The average Bonchev–Trinajstić information content (AvgIpc) is 2.37. The van der Waals surface area contributed by atoms with E-state index in [9.17, 15) is 0 Å². The number of nitrogens with zero attached hydrogens (tertiary/aromatic N) is 3. The van der Waals surface area contributed by atoms with Crippen molar-refractivity contribution >= 4 is 5.82 Å². The molecular formula is C13H24N4O. The van der Waals surface area contributed by atoms with Crippen LogP contribution in [0.25, 0.3) is 0 Å². The van der Waals surface area contributed by atoms with Crippen LogP contribution < -0.4 is 10.2 Å². The van der Waals surface area contributed by atoms with Crippen LogP contribution in [0.4, 0.5) is 5.82 Å². The van der Waals surface area contributed by atoms with Crippen LogP contribution in [0.3, 0.4) is 0 Å². The van der Waals surface area contributed by atoms with Gasteiger partial charge in [0.2, 0.25) is 0 Å². The van der Waals surface area contributed by atoms with Gasteiger partial charge in [-0.05, 0) is 20.4 Å². The minimum Gasteiger partial charge on any atom is -0.383 e. The van der Waals surface area contributed by atoms with E-state index < -0.39 is 0 Å². The van der Waals surface area contributed by atoms with Crippen LogP contribution in [0.15, 0.2) is 12.4 Å². The SMILES string of the molecule is CCNCc1cncc(N(CCOC)C(C)C)n1. The molecule has 102 valence electrons. The van der Waals surface area contributed by atoms with Crippen LogP contribution in [0.2, 0.25) is 0 Å². The molecule has 1 aromatic rings. The molecule has 0 unspecified atom stereocenters. The standard InChI is InChI=1S/C13H24N4O/c1-5-14-8-12-9-15-10-13(16-12)17(11(2)3)6-7-18-4/h9-11,14H,5-8H2,1-4H3. The molecule has 0 radical (unpaired) electrons. The quantitative estimate of drug-likeness (QED) is 0.759. The Labute approximate surface area is 110 Å². The van der Waals surface area contributed by atoms with Crippen molar-refractivity contribution in [3.63, 3.8) is 0 Å². The Bertz CT molecular complexity index is 344. The van der Waals surface area contributed by atoms with E-state index in [0.29, 0.717) is 12.6 Å². The molecule has 0 aliphatic rings. The van der Waals surface area contributed by atoms with Crippen LogP contribution in [-0.2, 0) is 11.3 Å². The first-order valence-corrected chi connectivity index (χ1v) is 6.46. The van der Waals surface area contributed by atoms with Crippen LogP contribution in [0.1, 0.15) is 26.5 Å². The summed E-state index contributed by atoms with van der Waals surface area (Å²) in [6.07, 6.45) is 3.62. The zero-order chi connectivity index (χ0) is 13.4. The summed E-state index contributed by atoms with van der Waals surface area (Å²) in [4.78, 5) is 11.1. The van der Waals surface area contributed by atoms with Crippen LogP contribution in [0.5, 0.6) is 0 Å². The molecule has 0 aliphatic carbocycles. The second-order valence-electron chi connectivity index (χ2n) is 4.43. The van der Waals surface area contributed by atoms with Crippen molar-refractivity contribution in [3.05, 3.63) is 18.1 Å². The molecule has 0 spiro atoms. The topological polar surface area (TPSA) is 50.3 Å². The van der Waals surface area contributed by atoms with E-state index >= 15 is 0 Å². The van der Waals surface area contributed by atoms with Crippen LogP contribution in [0, 0.1) is 0 Å². The molecule has 0 saturated heterocycles. The lowest BCUT2D eigenvalue weighted by atomic mass is 10.3. The van der Waals surface area contributed by atoms with Gasteiger partial charge >= 0.3 is 0 Å². The predicted octanol–water partition coefficient (Wildman–Crippen LogP) is 1.45. The van der Waals surface area contributed by atoms with E-state index in [1.165, 1.54) is 0 Å². The Morgan fingerprint density at radius 2 is 2.17 bits per heavy atom. The lowest BCUT2D eigenvalue weighted by molar-refractivity contribution is 0.203. The maximum Gasteiger partial charge on any atom is 0.147 e. The Kier molecular flexibility index (Phi) is 6.60. The summed E-state index contributed by atoms with van der Waals surface area (Å²) < 4.78 is 5.14. The zero-order valence-electron chi connectivity index (χ0n) is 11.8. The zero-order valence-corrected chi connectivity index (χ0v) is 11.8. The van der Waals surface area contributed by atoms with Crippen LogP contribution >= 0.6 is 0 Å². The van der Waals surface area contributed by atoms with Crippen LogP contribution in [-0.4, -0.2) is 42.8 Å². The van der Waals surface area contributed by atoms with Crippen molar-refractivity contribution in [2.45, 2.75) is 33.4 Å². The molecule has 0 amide bonds. The number of hydrogen-bond donors (Lipinski definition) is 1. The largest absolute Gasteiger partial charge is 0.383 e. The van der Waals surface area contributed by atoms with Crippen molar-refractivity contribution in [2.75, 3.05) is 31.7 Å². The third kappa shape index (κ3) is 4.58. The maximum atomic E-state index is 5.14. The fourth-order valence-electron chi connectivity index (χ4n) is 1.70. The van der Waals surface area contributed by atoms with E-state index in [1.54, 1.807) is 13.3 Å². The summed E-state index contributed by atoms with van der Waals surface area (Å²) >= 11 is 0. The van der Waals surface area contributed by atoms with E-state index in [4.69, 9.17) is 4.74 Å². The van der Waals surface area contributed by atoms with Gasteiger partial charge in [-0.3, -0.25) is 4.98 Å². The minimum atomic E-state index is 0.379. The first kappa shape index (κ1) is 14.9. The molecular weight excluding hydrogens is 228 g/mol. The lowest BCUT2D eigenvalue weighted by Gasteiger charge is -2.27. The summed E-state index contributed by atoms with van der Waals surface area (Å²) in [6, 6.07) is 0.379. The smallest absolute Gasteiger partial charge is 0.147 e. The Morgan fingerprint density at radius 1 is 1.39 bits per heavy atom. The molecule has 0 fully saturated rings. The van der Waals surface area contributed by atoms with Gasteiger partial charge in [-0.2, -0.15) is 0 Å². The third-order valence-electron chi connectivity index (χ3n) is 2.68. The number of hydrogen-bond acceptors (Lipinski definition) is 5. The first-order valence-electron chi connectivity index (χ1n) is 6.46. The van der Waals surface area contributed by atoms with Gasteiger partial charge in [0.15, 0.2) is 0 Å². The van der Waals surface area contributed by atoms with E-state index in [0.717, 1.165) is 31.1 Å². The van der Waals surface area contributed by atoms with E-state index in [-0.39, 0.29) is 0 Å². The van der Waals surface area contributed by atoms with Crippen molar-refractivity contribution < 1.29 is 4.74 Å². The predicted molar refractivity (Wildman–Crippen MR) is 73.8 cm³/mol. The minimum absolute atomic E-state index is 0.379. The summed E-state index contributed by atoms with van der Waals surface area (Å²) in [6.45, 7) is 9.58. The molecule has 0 aliphatic heterocycles. The summed E-state index contributed by atoms with van der Waals surface area (Å²) in [5.41, 5.74) is 0.970. The highest BCUT2D eigenvalue weighted by atomic mass is 16.5. The van der Waals surface area contributed by atoms with Gasteiger partial charge in [-0.15, -0.1) is 0 Å². The van der Waals surface area contributed by atoms with E-state index in [1.807, 2.05) is 6.20 Å². The first-order chi connectivity index (χ1) is 8.69. The highest BCUT2D eigenvalue weighted by molar-refractivity contribution is 5.37. The lowest BCUT2D eigenvalue weighted by Crippen LogP contribution is -2.34. The molecule has 5 nitrogen and oxygen atoms in total. The third-order valence-corrected chi connectivity index (χ3v) is 2.68. The summed E-state index contributed by atoms with van der Waals surface area (Å²) in [7, 11) is 1.71. The Hall–Kier alpha value is -1.20. The van der Waals surface area contributed by atoms with Gasteiger partial charge in [0.25, 0.3) is 0 Å². The van der Waals surface area contributed by atoms with Crippen molar-refractivity contribution in [1.29, 1.82) is 0 Å². The number of anilines is 1.